The molecule has 5 nitrogen and oxygen atoms in total. The molecule has 0 amide bonds. The fraction of sp³-hybridized carbons (Fsp3) is 0.625. The molecule has 1 aliphatic carbocycles. The fourth-order valence-electron chi connectivity index (χ4n) is 3.12. The normalized spacial score (nSPS) is 23.2. The van der Waals surface area contributed by atoms with Gasteiger partial charge in [0.05, 0.1) is 19.8 Å². The van der Waals surface area contributed by atoms with Gasteiger partial charge in [0.2, 0.25) is 0 Å². The number of rotatable bonds is 3. The summed E-state index contributed by atoms with van der Waals surface area (Å²) in [5.74, 6) is -1.10. The van der Waals surface area contributed by atoms with Crippen LogP contribution < -0.4 is 0 Å². The maximum absolute atomic E-state index is 12.2. The molecule has 0 aromatic heterocycles. The lowest BCUT2D eigenvalue weighted by molar-refractivity contribution is -0.141. The van der Waals surface area contributed by atoms with Crippen molar-refractivity contribution in [2.45, 2.75) is 45.1 Å². The van der Waals surface area contributed by atoms with E-state index in [1.165, 1.54) is 20.6 Å². The Morgan fingerprint density at radius 2 is 1.71 bits per heavy atom. The van der Waals surface area contributed by atoms with E-state index in [0.29, 0.717) is 11.3 Å². The predicted molar refractivity (Wildman–Crippen MR) is 78.1 cm³/mol. The minimum atomic E-state index is -0.475. The van der Waals surface area contributed by atoms with Crippen molar-refractivity contribution in [3.8, 4) is 0 Å². The molecule has 0 N–H and O–H groups in total. The highest BCUT2D eigenvalue weighted by atomic mass is 16.5. The van der Waals surface area contributed by atoms with E-state index in [4.69, 9.17) is 9.47 Å². The van der Waals surface area contributed by atoms with Gasteiger partial charge in [-0.05, 0) is 12.8 Å². The van der Waals surface area contributed by atoms with E-state index in [1.54, 1.807) is 0 Å². The molecule has 0 aromatic carbocycles. The van der Waals surface area contributed by atoms with Gasteiger partial charge < -0.3 is 14.4 Å². The zero-order valence-electron chi connectivity index (χ0n) is 12.9. The number of hydrogen-bond donors (Lipinski definition) is 0. The second-order valence-electron chi connectivity index (χ2n) is 5.57. The number of ether oxygens (including phenoxy) is 2. The van der Waals surface area contributed by atoms with Crippen LogP contribution in [0.15, 0.2) is 23.5 Å². The summed E-state index contributed by atoms with van der Waals surface area (Å²) in [5, 5.41) is 0. The van der Waals surface area contributed by atoms with Crippen LogP contribution in [0, 0.1) is 5.92 Å². The Labute approximate surface area is 125 Å². The Kier molecular flexibility index (Phi) is 5.04. The average Bonchev–Trinajstić information content (AvgIpc) is 2.53. The molecule has 0 saturated heterocycles. The van der Waals surface area contributed by atoms with Crippen molar-refractivity contribution in [3.63, 3.8) is 0 Å². The van der Waals surface area contributed by atoms with Crippen molar-refractivity contribution in [2.24, 2.45) is 5.92 Å². The average molecular weight is 293 g/mol. The largest absolute Gasteiger partial charge is 0.466 e. The minimum Gasteiger partial charge on any atom is -0.466 e. The molecule has 0 aromatic rings. The first-order chi connectivity index (χ1) is 10.1. The fourth-order valence-corrected chi connectivity index (χ4v) is 3.12. The van der Waals surface area contributed by atoms with Crippen LogP contribution in [0.1, 0.15) is 39.0 Å². The summed E-state index contributed by atoms with van der Waals surface area (Å²) in [6, 6.07) is 0.247. The number of hydrogen-bond acceptors (Lipinski definition) is 5. The van der Waals surface area contributed by atoms with Crippen LogP contribution in [-0.2, 0) is 19.1 Å². The van der Waals surface area contributed by atoms with Gasteiger partial charge in [-0.1, -0.05) is 32.3 Å². The summed E-state index contributed by atoms with van der Waals surface area (Å²) in [4.78, 5) is 26.2. The van der Waals surface area contributed by atoms with Crippen LogP contribution in [0.4, 0.5) is 0 Å². The molecule has 1 saturated carbocycles. The third-order valence-electron chi connectivity index (χ3n) is 4.26. The number of carbonyl (C=O) groups is 2. The quantitative estimate of drug-likeness (QED) is 0.748. The zero-order chi connectivity index (χ0) is 15.4. The van der Waals surface area contributed by atoms with Gasteiger partial charge in [-0.15, -0.1) is 0 Å². The SMILES string of the molecule is COC(=O)C1=C(C(=O)OC)N(C2CCCCC2)C=C[C@@H]1C. The van der Waals surface area contributed by atoms with E-state index in [2.05, 4.69) is 0 Å². The Bertz CT molecular complexity index is 475. The van der Waals surface area contributed by atoms with Crippen LogP contribution in [0.25, 0.3) is 0 Å². The van der Waals surface area contributed by atoms with Crippen molar-refractivity contribution < 1.29 is 19.1 Å². The Balaban J connectivity index is 2.42. The number of esters is 2. The summed E-state index contributed by atoms with van der Waals surface area (Å²) >= 11 is 0. The Hall–Kier alpha value is -1.78. The molecular weight excluding hydrogens is 270 g/mol. The van der Waals surface area contributed by atoms with Crippen LogP contribution in [-0.4, -0.2) is 37.1 Å². The molecule has 116 valence electrons. The van der Waals surface area contributed by atoms with Crippen LogP contribution in [0.5, 0.6) is 0 Å². The van der Waals surface area contributed by atoms with Crippen molar-refractivity contribution in [1.82, 2.24) is 4.90 Å². The van der Waals surface area contributed by atoms with Crippen molar-refractivity contribution in [2.75, 3.05) is 14.2 Å². The van der Waals surface area contributed by atoms with Gasteiger partial charge in [0.15, 0.2) is 0 Å². The van der Waals surface area contributed by atoms with E-state index in [1.807, 2.05) is 24.1 Å². The number of carbonyl (C=O) groups excluding carboxylic acids is 2. The second-order valence-corrected chi connectivity index (χ2v) is 5.57. The van der Waals surface area contributed by atoms with Crippen molar-refractivity contribution >= 4 is 11.9 Å². The van der Waals surface area contributed by atoms with E-state index in [-0.39, 0.29) is 12.0 Å². The molecular formula is C16H23NO4. The van der Waals surface area contributed by atoms with Gasteiger partial charge in [0, 0.05) is 18.2 Å². The van der Waals surface area contributed by atoms with Gasteiger partial charge in [-0.25, -0.2) is 9.59 Å². The monoisotopic (exact) mass is 293 g/mol. The topological polar surface area (TPSA) is 55.8 Å². The highest BCUT2D eigenvalue weighted by Gasteiger charge is 2.35. The smallest absolute Gasteiger partial charge is 0.355 e. The molecule has 1 fully saturated rings. The first-order valence-electron chi connectivity index (χ1n) is 7.47. The molecule has 0 radical (unpaired) electrons. The molecule has 2 rings (SSSR count). The number of allylic oxidation sites excluding steroid dienone is 1. The Morgan fingerprint density at radius 1 is 1.10 bits per heavy atom. The van der Waals surface area contributed by atoms with Crippen molar-refractivity contribution in [1.29, 1.82) is 0 Å². The van der Waals surface area contributed by atoms with Gasteiger partial charge in [-0.2, -0.15) is 0 Å². The van der Waals surface area contributed by atoms with Crippen molar-refractivity contribution in [3.05, 3.63) is 23.5 Å². The summed E-state index contributed by atoms with van der Waals surface area (Å²) < 4.78 is 9.76. The first kappa shape index (κ1) is 15.6. The molecule has 5 heteroatoms. The molecule has 1 atom stereocenters. The van der Waals surface area contributed by atoms with Gasteiger partial charge in [0.1, 0.15) is 5.70 Å². The predicted octanol–water partition coefficient (Wildman–Crippen LogP) is 2.38. The van der Waals surface area contributed by atoms with Gasteiger partial charge in [0.25, 0.3) is 0 Å². The van der Waals surface area contributed by atoms with Gasteiger partial charge >= 0.3 is 11.9 Å². The van der Waals surface area contributed by atoms with E-state index >= 15 is 0 Å². The van der Waals surface area contributed by atoms with Crippen LogP contribution in [0.2, 0.25) is 0 Å². The van der Waals surface area contributed by atoms with Crippen LogP contribution >= 0.6 is 0 Å². The van der Waals surface area contributed by atoms with E-state index in [9.17, 15) is 9.59 Å². The molecule has 0 unspecified atom stereocenters. The lowest BCUT2D eigenvalue weighted by Crippen LogP contribution is -2.39. The number of methoxy groups -OCH3 is 2. The third-order valence-corrected chi connectivity index (χ3v) is 4.26. The lowest BCUT2D eigenvalue weighted by atomic mass is 9.90. The number of nitrogens with zero attached hydrogens (tertiary/aromatic N) is 1. The van der Waals surface area contributed by atoms with E-state index < -0.39 is 11.9 Å². The maximum atomic E-state index is 12.2. The lowest BCUT2D eigenvalue weighted by Gasteiger charge is -2.37. The molecule has 0 bridgehead atoms. The highest BCUT2D eigenvalue weighted by molar-refractivity contribution is 6.01. The van der Waals surface area contributed by atoms with Crippen LogP contribution in [0.3, 0.4) is 0 Å². The summed E-state index contributed by atoms with van der Waals surface area (Å²) in [6.45, 7) is 1.88. The summed E-state index contributed by atoms with van der Waals surface area (Å²) in [6.07, 6.45) is 9.42. The second kappa shape index (κ2) is 6.78. The zero-order valence-corrected chi connectivity index (χ0v) is 12.9. The van der Waals surface area contributed by atoms with E-state index in [0.717, 1.165) is 25.7 Å². The minimum absolute atomic E-state index is 0.161. The molecule has 1 aliphatic heterocycles. The third kappa shape index (κ3) is 3.12. The molecule has 1 heterocycles. The summed E-state index contributed by atoms with van der Waals surface area (Å²) in [7, 11) is 2.67. The Morgan fingerprint density at radius 3 is 2.29 bits per heavy atom. The summed E-state index contributed by atoms with van der Waals surface area (Å²) in [5.41, 5.74) is 0.726. The highest BCUT2D eigenvalue weighted by Crippen LogP contribution is 2.33. The molecule has 0 spiro atoms. The molecule has 21 heavy (non-hydrogen) atoms. The molecule has 2 aliphatic rings. The van der Waals surface area contributed by atoms with Gasteiger partial charge in [-0.3, -0.25) is 0 Å². The first-order valence-corrected chi connectivity index (χ1v) is 7.47. The standard InChI is InChI=1S/C16H23NO4/c1-11-9-10-17(12-7-5-4-6-8-12)14(16(19)21-3)13(11)15(18)20-2/h9-12H,4-8H2,1-3H3/t11-/m0/s1. The maximum Gasteiger partial charge on any atom is 0.355 e.